The minimum atomic E-state index is -0.522. The van der Waals surface area contributed by atoms with Crippen LogP contribution in [-0.2, 0) is 14.3 Å². The van der Waals surface area contributed by atoms with Gasteiger partial charge in [0.2, 0.25) is 5.90 Å². The van der Waals surface area contributed by atoms with Crippen molar-refractivity contribution in [2.24, 2.45) is 4.99 Å². The highest BCUT2D eigenvalue weighted by molar-refractivity contribution is 6.12. The van der Waals surface area contributed by atoms with Crippen molar-refractivity contribution in [3.05, 3.63) is 70.9 Å². The number of hydrogen-bond donors (Lipinski definition) is 0. The average Bonchev–Trinajstić information content (AvgIpc) is 3.03. The van der Waals surface area contributed by atoms with E-state index in [1.54, 1.807) is 54.6 Å². The average molecular weight is 351 g/mol. The summed E-state index contributed by atoms with van der Waals surface area (Å²) >= 11 is 0. The summed E-state index contributed by atoms with van der Waals surface area (Å²) in [5, 5.41) is 0. The van der Waals surface area contributed by atoms with Crippen molar-refractivity contribution >= 4 is 23.9 Å². The second kappa shape index (κ2) is 7.65. The number of methoxy groups -OCH3 is 1. The Hall–Kier alpha value is -3.41. The molecule has 0 N–H and O–H groups in total. The lowest BCUT2D eigenvalue weighted by Gasteiger charge is -2.03. The van der Waals surface area contributed by atoms with E-state index in [-0.39, 0.29) is 11.6 Å². The smallest absolute Gasteiger partial charge is 0.363 e. The van der Waals surface area contributed by atoms with E-state index in [1.165, 1.54) is 7.11 Å². The molecule has 0 fully saturated rings. The Morgan fingerprint density at radius 2 is 1.81 bits per heavy atom. The van der Waals surface area contributed by atoms with Crippen molar-refractivity contribution in [3.63, 3.8) is 0 Å². The van der Waals surface area contributed by atoms with Gasteiger partial charge in [-0.1, -0.05) is 12.1 Å². The van der Waals surface area contributed by atoms with Crippen molar-refractivity contribution in [3.8, 4) is 5.75 Å². The Morgan fingerprint density at radius 3 is 2.42 bits per heavy atom. The van der Waals surface area contributed by atoms with Crippen molar-refractivity contribution in [2.75, 3.05) is 13.7 Å². The zero-order valence-electron chi connectivity index (χ0n) is 14.4. The minimum absolute atomic E-state index is 0.194. The van der Waals surface area contributed by atoms with Gasteiger partial charge in [-0.3, -0.25) is 0 Å². The molecule has 0 saturated heterocycles. The molecule has 6 heteroatoms. The lowest BCUT2D eigenvalue weighted by Crippen LogP contribution is -2.05. The molecular weight excluding hydrogens is 334 g/mol. The van der Waals surface area contributed by atoms with Crippen LogP contribution < -0.4 is 4.74 Å². The summed E-state index contributed by atoms with van der Waals surface area (Å²) < 4.78 is 15.3. The summed E-state index contributed by atoms with van der Waals surface area (Å²) in [6, 6.07) is 13.8. The van der Waals surface area contributed by atoms with E-state index >= 15 is 0 Å². The largest absolute Gasteiger partial charge is 0.494 e. The summed E-state index contributed by atoms with van der Waals surface area (Å²) in [5.74, 6) is 0.0457. The Bertz CT molecular complexity index is 879. The Balaban J connectivity index is 1.80. The zero-order chi connectivity index (χ0) is 18.5. The van der Waals surface area contributed by atoms with Crippen LogP contribution in [0.2, 0.25) is 0 Å². The van der Waals surface area contributed by atoms with E-state index in [0.29, 0.717) is 17.7 Å². The van der Waals surface area contributed by atoms with Crippen LogP contribution in [0.15, 0.2) is 59.2 Å². The molecule has 0 spiro atoms. The van der Waals surface area contributed by atoms with Gasteiger partial charge in [-0.05, 0) is 55.0 Å². The Kier molecular flexibility index (Phi) is 5.12. The SMILES string of the molecule is CCOc1ccc(C2=N/C(=C\c3ccc(C(=O)OC)cc3)C(=O)O2)cc1. The first kappa shape index (κ1) is 17.4. The molecule has 1 heterocycles. The lowest BCUT2D eigenvalue weighted by molar-refractivity contribution is -0.129. The molecule has 6 nitrogen and oxygen atoms in total. The molecule has 1 aliphatic rings. The third-order valence-electron chi connectivity index (χ3n) is 3.67. The number of rotatable bonds is 5. The molecule has 0 bridgehead atoms. The van der Waals surface area contributed by atoms with Gasteiger partial charge in [0.15, 0.2) is 5.70 Å². The molecule has 0 aromatic heterocycles. The van der Waals surface area contributed by atoms with Crippen LogP contribution in [0.1, 0.15) is 28.4 Å². The van der Waals surface area contributed by atoms with Crippen LogP contribution >= 0.6 is 0 Å². The molecule has 2 aromatic rings. The predicted molar refractivity (Wildman–Crippen MR) is 96.0 cm³/mol. The number of carbonyl (C=O) groups is 2. The monoisotopic (exact) mass is 351 g/mol. The number of aliphatic imine (C=N–C) groups is 1. The Labute approximate surface area is 150 Å². The van der Waals surface area contributed by atoms with Crippen molar-refractivity contribution < 1.29 is 23.8 Å². The van der Waals surface area contributed by atoms with E-state index in [2.05, 4.69) is 9.73 Å². The summed E-state index contributed by atoms with van der Waals surface area (Å²) in [6.07, 6.45) is 1.60. The van der Waals surface area contributed by atoms with Crippen LogP contribution in [0.4, 0.5) is 0 Å². The number of benzene rings is 2. The van der Waals surface area contributed by atoms with Gasteiger partial charge in [0.05, 0.1) is 19.3 Å². The van der Waals surface area contributed by atoms with E-state index in [4.69, 9.17) is 9.47 Å². The molecule has 0 unspecified atom stereocenters. The number of ether oxygens (including phenoxy) is 3. The van der Waals surface area contributed by atoms with Crippen molar-refractivity contribution in [1.29, 1.82) is 0 Å². The van der Waals surface area contributed by atoms with Crippen molar-refractivity contribution in [1.82, 2.24) is 0 Å². The molecule has 0 saturated carbocycles. The van der Waals surface area contributed by atoms with Gasteiger partial charge >= 0.3 is 11.9 Å². The lowest BCUT2D eigenvalue weighted by atomic mass is 10.1. The molecular formula is C20H17NO5. The third-order valence-corrected chi connectivity index (χ3v) is 3.67. The topological polar surface area (TPSA) is 74.2 Å². The second-order valence-electron chi connectivity index (χ2n) is 5.41. The highest BCUT2D eigenvalue weighted by atomic mass is 16.6. The van der Waals surface area contributed by atoms with Gasteiger partial charge in [-0.25, -0.2) is 14.6 Å². The number of esters is 2. The first-order valence-electron chi connectivity index (χ1n) is 8.05. The number of nitrogens with zero attached hydrogens (tertiary/aromatic N) is 1. The number of hydrogen-bond acceptors (Lipinski definition) is 6. The quantitative estimate of drug-likeness (QED) is 0.611. The maximum absolute atomic E-state index is 12.0. The van der Waals surface area contributed by atoms with Crippen LogP contribution in [0.5, 0.6) is 5.75 Å². The fraction of sp³-hybridized carbons (Fsp3) is 0.150. The van der Waals surface area contributed by atoms with Gasteiger partial charge in [-0.15, -0.1) is 0 Å². The molecule has 132 valence electrons. The summed E-state index contributed by atoms with van der Waals surface area (Å²) in [7, 11) is 1.32. The third kappa shape index (κ3) is 3.80. The zero-order valence-corrected chi connectivity index (χ0v) is 14.4. The van der Waals surface area contributed by atoms with E-state index in [9.17, 15) is 9.59 Å². The van der Waals surface area contributed by atoms with Crippen molar-refractivity contribution in [2.45, 2.75) is 6.92 Å². The summed E-state index contributed by atoms with van der Waals surface area (Å²) in [4.78, 5) is 27.8. The highest BCUT2D eigenvalue weighted by Crippen LogP contribution is 2.21. The van der Waals surface area contributed by atoms with E-state index in [0.717, 1.165) is 11.3 Å². The van der Waals surface area contributed by atoms with Gasteiger partial charge in [-0.2, -0.15) is 0 Å². The highest BCUT2D eigenvalue weighted by Gasteiger charge is 2.24. The number of cyclic esters (lactones) is 1. The van der Waals surface area contributed by atoms with Crippen LogP contribution in [0.3, 0.4) is 0 Å². The van der Waals surface area contributed by atoms with Crippen LogP contribution in [0.25, 0.3) is 6.08 Å². The maximum atomic E-state index is 12.0. The molecule has 1 aliphatic heterocycles. The molecule has 2 aromatic carbocycles. The number of carbonyl (C=O) groups excluding carboxylic acids is 2. The first-order valence-corrected chi connectivity index (χ1v) is 8.05. The van der Waals surface area contributed by atoms with E-state index < -0.39 is 11.9 Å². The normalized spacial score (nSPS) is 14.8. The fourth-order valence-corrected chi connectivity index (χ4v) is 2.38. The van der Waals surface area contributed by atoms with E-state index in [1.807, 2.05) is 6.92 Å². The molecule has 0 radical (unpaired) electrons. The molecule has 26 heavy (non-hydrogen) atoms. The Morgan fingerprint density at radius 1 is 1.12 bits per heavy atom. The molecule has 3 rings (SSSR count). The standard InChI is InChI=1S/C20H17NO5/c1-3-25-16-10-8-14(9-11-16)18-21-17(20(23)26-18)12-13-4-6-15(7-5-13)19(22)24-2/h4-12H,3H2,1-2H3/b17-12-. The van der Waals surface area contributed by atoms with Gasteiger partial charge in [0.1, 0.15) is 5.75 Å². The maximum Gasteiger partial charge on any atom is 0.363 e. The second-order valence-corrected chi connectivity index (χ2v) is 5.41. The first-order chi connectivity index (χ1) is 12.6. The molecule has 0 aliphatic carbocycles. The van der Waals surface area contributed by atoms with Crippen LogP contribution in [0, 0.1) is 0 Å². The summed E-state index contributed by atoms with van der Waals surface area (Å²) in [5.41, 5.74) is 2.04. The minimum Gasteiger partial charge on any atom is -0.494 e. The van der Waals surface area contributed by atoms with Gasteiger partial charge in [0.25, 0.3) is 0 Å². The summed E-state index contributed by atoms with van der Waals surface area (Å²) in [6.45, 7) is 2.49. The molecule has 0 atom stereocenters. The fourth-order valence-electron chi connectivity index (χ4n) is 2.38. The van der Waals surface area contributed by atoms with Gasteiger partial charge in [0, 0.05) is 5.56 Å². The van der Waals surface area contributed by atoms with Crippen LogP contribution in [-0.4, -0.2) is 31.6 Å². The molecule has 0 amide bonds. The van der Waals surface area contributed by atoms with Gasteiger partial charge < -0.3 is 14.2 Å². The predicted octanol–water partition coefficient (Wildman–Crippen LogP) is 3.22.